The molecule has 1 saturated heterocycles. The van der Waals surface area contributed by atoms with Crippen molar-refractivity contribution >= 4 is 32.1 Å². The van der Waals surface area contributed by atoms with E-state index in [9.17, 15) is 21.6 Å². The van der Waals surface area contributed by atoms with Crippen molar-refractivity contribution < 1.29 is 21.6 Å². The first-order chi connectivity index (χ1) is 16.6. The predicted octanol–water partition coefficient (Wildman–Crippen LogP) is -1.17. The number of rotatable bonds is 9. The number of carbonyl (C=O) groups excluding carboxylic acids is 1. The Labute approximate surface area is 201 Å². The third-order valence-electron chi connectivity index (χ3n) is 5.21. The SMILES string of the molecule is NCCN(S(=O)(=O)C1CN(N)C1)S(=O)(=O)n1nnc(NC(=O)c2cccc(-c3ccccc3)c2)n1. The average molecular weight is 522 g/mol. The van der Waals surface area contributed by atoms with Gasteiger partial charge in [-0.2, -0.15) is 8.42 Å². The van der Waals surface area contributed by atoms with E-state index in [1.807, 2.05) is 36.4 Å². The quantitative estimate of drug-likeness (QED) is 0.287. The van der Waals surface area contributed by atoms with Gasteiger partial charge in [0.2, 0.25) is 10.0 Å². The first-order valence-corrected chi connectivity index (χ1v) is 13.3. The molecular weight excluding hydrogens is 498 g/mol. The summed E-state index contributed by atoms with van der Waals surface area (Å²) in [5.41, 5.74) is 7.43. The summed E-state index contributed by atoms with van der Waals surface area (Å²) in [5, 5.41) is 13.2. The Morgan fingerprint density at radius 1 is 1.06 bits per heavy atom. The van der Waals surface area contributed by atoms with Crippen LogP contribution in [0.1, 0.15) is 10.4 Å². The Kier molecular flexibility index (Phi) is 6.93. The van der Waals surface area contributed by atoms with Crippen molar-refractivity contribution in [1.82, 2.24) is 28.3 Å². The number of tetrazole rings is 1. The molecule has 0 atom stereocenters. The van der Waals surface area contributed by atoms with Gasteiger partial charge in [-0.3, -0.25) is 16.0 Å². The number of anilines is 1. The molecule has 1 aromatic heterocycles. The van der Waals surface area contributed by atoms with Gasteiger partial charge in [0, 0.05) is 31.7 Å². The van der Waals surface area contributed by atoms with Crippen LogP contribution in [0.25, 0.3) is 11.1 Å². The Morgan fingerprint density at radius 2 is 1.74 bits per heavy atom. The number of nitrogens with zero attached hydrogens (tertiary/aromatic N) is 6. The summed E-state index contributed by atoms with van der Waals surface area (Å²) in [5.74, 6) is 4.46. The van der Waals surface area contributed by atoms with E-state index in [4.69, 9.17) is 11.6 Å². The van der Waals surface area contributed by atoms with Crippen molar-refractivity contribution in [2.45, 2.75) is 5.25 Å². The van der Waals surface area contributed by atoms with E-state index in [1.165, 1.54) is 5.01 Å². The number of aromatic nitrogens is 4. The lowest BCUT2D eigenvalue weighted by Gasteiger charge is -2.37. The Hall–Kier alpha value is -3.28. The van der Waals surface area contributed by atoms with Gasteiger partial charge in [-0.25, -0.2) is 13.4 Å². The molecule has 1 amide bonds. The third kappa shape index (κ3) is 5.07. The van der Waals surface area contributed by atoms with Crippen LogP contribution in [-0.4, -0.2) is 82.5 Å². The molecule has 3 aromatic rings. The van der Waals surface area contributed by atoms with E-state index in [2.05, 4.69) is 20.7 Å². The number of nitrogens with one attached hydrogen (secondary N) is 1. The zero-order chi connectivity index (χ0) is 25.2. The molecule has 35 heavy (non-hydrogen) atoms. The van der Waals surface area contributed by atoms with Crippen LogP contribution in [0.15, 0.2) is 54.6 Å². The van der Waals surface area contributed by atoms with Crippen molar-refractivity contribution in [3.63, 3.8) is 0 Å². The highest BCUT2D eigenvalue weighted by molar-refractivity contribution is 8.03. The van der Waals surface area contributed by atoms with Crippen molar-refractivity contribution in [3.8, 4) is 11.1 Å². The number of nitrogens with two attached hydrogens (primary N) is 2. The molecule has 0 aliphatic carbocycles. The topological polar surface area (TPSA) is 200 Å². The van der Waals surface area contributed by atoms with E-state index in [1.54, 1.807) is 18.2 Å². The van der Waals surface area contributed by atoms with Crippen LogP contribution in [0, 0.1) is 0 Å². The van der Waals surface area contributed by atoms with Crippen molar-refractivity contribution in [2.75, 3.05) is 31.5 Å². The summed E-state index contributed by atoms with van der Waals surface area (Å²) in [4.78, 5) is 12.7. The lowest BCUT2D eigenvalue weighted by Crippen LogP contribution is -2.62. The second kappa shape index (κ2) is 9.76. The van der Waals surface area contributed by atoms with Gasteiger partial charge in [0.05, 0.1) is 0 Å². The fourth-order valence-corrected chi connectivity index (χ4v) is 7.23. The molecule has 0 bridgehead atoms. The molecule has 2 heterocycles. The van der Waals surface area contributed by atoms with E-state index < -0.39 is 43.9 Å². The average Bonchev–Trinajstić information content (AvgIpc) is 3.30. The summed E-state index contributed by atoms with van der Waals surface area (Å²) in [7, 11) is -9.12. The summed E-state index contributed by atoms with van der Waals surface area (Å²) in [6, 6.07) is 16.2. The number of amides is 1. The fourth-order valence-electron chi connectivity index (χ4n) is 3.38. The molecule has 16 heteroatoms. The van der Waals surface area contributed by atoms with Crippen LogP contribution >= 0.6 is 0 Å². The highest BCUT2D eigenvalue weighted by Crippen LogP contribution is 2.22. The molecule has 0 saturated carbocycles. The van der Waals surface area contributed by atoms with Crippen molar-refractivity contribution in [3.05, 3.63) is 60.2 Å². The molecule has 1 aliphatic heterocycles. The van der Waals surface area contributed by atoms with Crippen LogP contribution in [0.2, 0.25) is 0 Å². The highest BCUT2D eigenvalue weighted by atomic mass is 32.3. The maximum absolute atomic E-state index is 13.0. The Balaban J connectivity index is 1.54. The van der Waals surface area contributed by atoms with Gasteiger partial charge in [0.15, 0.2) is 0 Å². The van der Waals surface area contributed by atoms with Gasteiger partial charge in [0.1, 0.15) is 5.25 Å². The molecule has 4 rings (SSSR count). The summed E-state index contributed by atoms with van der Waals surface area (Å²) in [6.07, 6.45) is 0. The first-order valence-electron chi connectivity index (χ1n) is 10.4. The minimum absolute atomic E-state index is 0.0347. The van der Waals surface area contributed by atoms with Gasteiger partial charge in [0.25, 0.3) is 11.9 Å². The summed E-state index contributed by atoms with van der Waals surface area (Å²) >= 11 is 0. The molecule has 186 valence electrons. The fraction of sp³-hybridized carbons (Fsp3) is 0.263. The first kappa shape index (κ1) is 24.8. The van der Waals surface area contributed by atoms with Crippen LogP contribution in [0.4, 0.5) is 5.95 Å². The summed E-state index contributed by atoms with van der Waals surface area (Å²) in [6.45, 7) is -0.866. The number of carbonyl (C=O) groups is 1. The van der Waals surface area contributed by atoms with E-state index in [0.29, 0.717) is 0 Å². The summed E-state index contributed by atoms with van der Waals surface area (Å²) < 4.78 is 52.0. The van der Waals surface area contributed by atoms with Crippen LogP contribution < -0.4 is 16.9 Å². The number of benzene rings is 2. The van der Waals surface area contributed by atoms with Gasteiger partial charge < -0.3 is 5.73 Å². The van der Waals surface area contributed by atoms with E-state index in [-0.39, 0.29) is 33.1 Å². The zero-order valence-electron chi connectivity index (χ0n) is 18.3. The largest absolute Gasteiger partial charge is 0.354 e. The maximum Gasteiger partial charge on any atom is 0.354 e. The number of sulfonamides is 1. The minimum atomic E-state index is -4.80. The second-order valence-corrected chi connectivity index (χ2v) is 11.7. The molecule has 5 N–H and O–H groups in total. The van der Waals surface area contributed by atoms with Crippen LogP contribution in [-0.2, 0) is 20.2 Å². The molecule has 0 radical (unpaired) electrons. The van der Waals surface area contributed by atoms with E-state index >= 15 is 0 Å². The van der Waals surface area contributed by atoms with Crippen molar-refractivity contribution in [1.29, 1.82) is 0 Å². The number of hydrogen-bond acceptors (Lipinski definition) is 11. The van der Waals surface area contributed by atoms with Gasteiger partial charge in [-0.1, -0.05) is 56.4 Å². The molecule has 1 aliphatic rings. The molecule has 1 fully saturated rings. The van der Waals surface area contributed by atoms with Crippen molar-refractivity contribution in [2.24, 2.45) is 11.6 Å². The lowest BCUT2D eigenvalue weighted by molar-refractivity contribution is 0.102. The Bertz CT molecular complexity index is 1420. The number of hydrazine groups is 1. The molecule has 2 aromatic carbocycles. The molecule has 0 spiro atoms. The standard InChI is InChI=1S/C19H23N9O5S2/c20-9-10-27(34(30,31)17-12-26(21)13-17)35(32,33)28-24-19(23-25-28)22-18(29)16-8-4-7-15(11-16)14-5-2-1-3-6-14/h1-8,11,17H,9-10,12-13,20-21H2,(H,22,24,29). The predicted molar refractivity (Wildman–Crippen MR) is 126 cm³/mol. The number of hydrogen-bond donors (Lipinski definition) is 3. The van der Waals surface area contributed by atoms with Gasteiger partial charge in [-0.15, -0.1) is 0 Å². The second-order valence-electron chi connectivity index (χ2n) is 7.65. The molecule has 0 unspecified atom stereocenters. The molecule has 14 nitrogen and oxygen atoms in total. The third-order valence-corrected chi connectivity index (χ3v) is 9.55. The van der Waals surface area contributed by atoms with E-state index in [0.717, 1.165) is 11.1 Å². The normalized spacial score (nSPS) is 15.2. The van der Waals surface area contributed by atoms with Gasteiger partial charge >= 0.3 is 10.2 Å². The highest BCUT2D eigenvalue weighted by Gasteiger charge is 2.46. The monoisotopic (exact) mass is 521 g/mol. The Morgan fingerprint density at radius 3 is 2.40 bits per heavy atom. The molecular formula is C19H23N9O5S2. The van der Waals surface area contributed by atoms with Crippen LogP contribution in [0.3, 0.4) is 0 Å². The van der Waals surface area contributed by atoms with Gasteiger partial charge in [-0.05, 0) is 32.7 Å². The minimum Gasteiger partial charge on any atom is -0.329 e. The smallest absolute Gasteiger partial charge is 0.329 e. The lowest BCUT2D eigenvalue weighted by atomic mass is 10.0. The van der Waals surface area contributed by atoms with Crippen LogP contribution in [0.5, 0.6) is 0 Å². The zero-order valence-corrected chi connectivity index (χ0v) is 19.9. The maximum atomic E-state index is 13.0.